The van der Waals surface area contributed by atoms with Crippen molar-refractivity contribution in [3.05, 3.63) is 53.4 Å². The van der Waals surface area contributed by atoms with Gasteiger partial charge in [0.1, 0.15) is 29.8 Å². The highest BCUT2D eigenvalue weighted by Crippen LogP contribution is 2.41. The number of rotatable bonds is 6. The zero-order valence-corrected chi connectivity index (χ0v) is 24.7. The monoisotopic (exact) mass is 606 g/mol. The minimum atomic E-state index is -0.874. The van der Waals surface area contributed by atoms with Crippen LogP contribution >= 0.6 is 11.6 Å². The van der Waals surface area contributed by atoms with Crippen LogP contribution in [0.2, 0.25) is 5.02 Å². The molecule has 8 nitrogen and oxygen atoms in total. The topological polar surface area (TPSA) is 75.6 Å². The molecular weight excluding hydrogens is 574 g/mol. The highest BCUT2D eigenvalue weighted by molar-refractivity contribution is 6.36. The normalized spacial score (nSPS) is 28.7. The zero-order chi connectivity index (χ0) is 29.3. The van der Waals surface area contributed by atoms with E-state index in [1.54, 1.807) is 19.4 Å². The van der Waals surface area contributed by atoms with Gasteiger partial charge in [0.25, 0.3) is 0 Å². The lowest BCUT2D eigenvalue weighted by Crippen LogP contribution is -2.53. The van der Waals surface area contributed by atoms with Crippen LogP contribution in [0.15, 0.2) is 42.6 Å². The lowest BCUT2D eigenvalue weighted by molar-refractivity contribution is 0.0947. The Balaban J connectivity index is 1.24. The number of alkyl halides is 1. The van der Waals surface area contributed by atoms with E-state index >= 15 is 4.39 Å². The fourth-order valence-corrected chi connectivity index (χ4v) is 8.17. The van der Waals surface area contributed by atoms with E-state index in [9.17, 15) is 4.39 Å². The summed E-state index contributed by atoms with van der Waals surface area (Å²) in [7, 11) is 1.74. The largest absolute Gasteiger partial charge is 0.461 e. The molecule has 2 bridgehead atoms. The molecule has 8 rings (SSSR count). The molecule has 0 amide bonds. The van der Waals surface area contributed by atoms with Crippen LogP contribution in [-0.4, -0.2) is 89.6 Å². The summed E-state index contributed by atoms with van der Waals surface area (Å²) in [4.78, 5) is 18.5. The first-order valence-corrected chi connectivity index (χ1v) is 15.4. The number of piperazine rings is 1. The van der Waals surface area contributed by atoms with E-state index in [2.05, 4.69) is 25.1 Å². The van der Waals surface area contributed by atoms with Crippen molar-refractivity contribution in [2.24, 2.45) is 0 Å². The molecule has 1 unspecified atom stereocenters. The summed E-state index contributed by atoms with van der Waals surface area (Å²) >= 11 is 6.60. The van der Waals surface area contributed by atoms with E-state index in [1.807, 2.05) is 30.3 Å². The van der Waals surface area contributed by atoms with Gasteiger partial charge in [-0.25, -0.2) is 8.78 Å². The number of halogens is 3. The van der Waals surface area contributed by atoms with E-state index in [1.165, 1.54) is 0 Å². The van der Waals surface area contributed by atoms with Gasteiger partial charge in [-0.15, -0.1) is 0 Å². The van der Waals surface area contributed by atoms with E-state index in [4.69, 9.17) is 26.1 Å². The van der Waals surface area contributed by atoms with E-state index in [0.29, 0.717) is 47.8 Å². The number of hydrogen-bond acceptors (Lipinski definition) is 8. The highest BCUT2D eigenvalue weighted by atomic mass is 35.5. The molecule has 43 heavy (non-hydrogen) atoms. The van der Waals surface area contributed by atoms with Crippen molar-refractivity contribution >= 4 is 39.1 Å². The molecule has 4 aliphatic heterocycles. The molecule has 0 aliphatic carbocycles. The molecule has 0 spiro atoms. The number of fused-ring (bicyclic) bond motifs is 5. The Hall–Kier alpha value is -3.18. The van der Waals surface area contributed by atoms with Crippen LogP contribution in [0.4, 0.5) is 14.6 Å². The third-order valence-electron chi connectivity index (χ3n) is 9.86. The van der Waals surface area contributed by atoms with E-state index in [0.717, 1.165) is 36.6 Å². The molecule has 4 saturated heterocycles. The third kappa shape index (κ3) is 4.53. The predicted octanol–water partition coefficient (Wildman–Crippen LogP) is 5.16. The summed E-state index contributed by atoms with van der Waals surface area (Å²) in [6.07, 6.45) is 4.06. The quantitative estimate of drug-likeness (QED) is 0.323. The molecule has 4 aliphatic rings. The maximum atomic E-state index is 16.7. The minimum absolute atomic E-state index is 0.0900. The summed E-state index contributed by atoms with van der Waals surface area (Å²) in [6, 6.07) is 11.7. The molecule has 6 heterocycles. The first-order chi connectivity index (χ1) is 20.9. The second-order valence-electron chi connectivity index (χ2n) is 12.4. The first-order valence-electron chi connectivity index (χ1n) is 15.0. The van der Waals surface area contributed by atoms with Crippen LogP contribution in [0.3, 0.4) is 0 Å². The van der Waals surface area contributed by atoms with Crippen LogP contribution in [0.25, 0.3) is 32.9 Å². The number of aromatic nitrogens is 3. The Morgan fingerprint density at radius 2 is 2.00 bits per heavy atom. The van der Waals surface area contributed by atoms with E-state index < -0.39 is 12.0 Å². The number of methoxy groups -OCH3 is 1. The number of nitrogens with zero attached hydrogens (tertiary/aromatic N) is 5. The molecule has 5 atom stereocenters. The van der Waals surface area contributed by atoms with Crippen LogP contribution < -0.4 is 15.0 Å². The van der Waals surface area contributed by atoms with Gasteiger partial charge in [0.05, 0.1) is 23.1 Å². The second kappa shape index (κ2) is 10.5. The molecular formula is C32H33ClF2N6O2. The summed E-state index contributed by atoms with van der Waals surface area (Å²) in [6.45, 7) is 2.87. The van der Waals surface area contributed by atoms with Crippen molar-refractivity contribution in [3.8, 4) is 17.3 Å². The Bertz CT molecular complexity index is 1720. The van der Waals surface area contributed by atoms with Crippen molar-refractivity contribution in [2.75, 3.05) is 44.8 Å². The average Bonchev–Trinajstić information content (AvgIpc) is 3.64. The van der Waals surface area contributed by atoms with Crippen LogP contribution in [0, 0.1) is 5.82 Å². The van der Waals surface area contributed by atoms with Crippen molar-refractivity contribution in [1.82, 2.24) is 25.2 Å². The maximum Gasteiger partial charge on any atom is 0.319 e. The van der Waals surface area contributed by atoms with Crippen molar-refractivity contribution in [3.63, 3.8) is 0 Å². The van der Waals surface area contributed by atoms with Gasteiger partial charge in [0.2, 0.25) is 0 Å². The van der Waals surface area contributed by atoms with Gasteiger partial charge in [-0.1, -0.05) is 41.9 Å². The Labute approximate surface area is 253 Å². The molecule has 1 N–H and O–H groups in total. The number of nitrogens with one attached hydrogen (secondary N) is 1. The minimum Gasteiger partial charge on any atom is -0.461 e. The fraction of sp³-hybridized carbons (Fsp3) is 0.469. The Kier molecular flexibility index (Phi) is 6.67. The van der Waals surface area contributed by atoms with Crippen LogP contribution in [-0.2, 0) is 4.74 Å². The SMILES string of the molecule is CO[C@@H]1C[C@@H]2CN(c3nc(OCC45CCCN4C[C@H](F)C5)nc4c(F)c(-c5cccc6cccc(Cl)c56)ncc34)C[C@H]1N2. The van der Waals surface area contributed by atoms with Gasteiger partial charge in [-0.2, -0.15) is 9.97 Å². The Morgan fingerprint density at radius 3 is 2.86 bits per heavy atom. The third-order valence-corrected chi connectivity index (χ3v) is 10.2. The number of pyridine rings is 1. The molecule has 11 heteroatoms. The lowest BCUT2D eigenvalue weighted by atomic mass is 9.95. The number of ether oxygens (including phenoxy) is 2. The van der Waals surface area contributed by atoms with Crippen molar-refractivity contribution in [2.45, 2.75) is 55.6 Å². The predicted molar refractivity (Wildman–Crippen MR) is 162 cm³/mol. The molecule has 4 fully saturated rings. The average molecular weight is 607 g/mol. The smallest absolute Gasteiger partial charge is 0.319 e. The zero-order valence-electron chi connectivity index (χ0n) is 23.9. The number of hydrogen-bond donors (Lipinski definition) is 1. The molecule has 2 aromatic carbocycles. The fourth-order valence-electron chi connectivity index (χ4n) is 7.89. The highest BCUT2D eigenvalue weighted by Gasteiger charge is 2.49. The molecule has 0 radical (unpaired) electrons. The van der Waals surface area contributed by atoms with Crippen LogP contribution in [0.5, 0.6) is 6.01 Å². The summed E-state index contributed by atoms with van der Waals surface area (Å²) in [5.74, 6) is 0.0226. The molecule has 224 valence electrons. The van der Waals surface area contributed by atoms with Crippen molar-refractivity contribution < 1.29 is 18.3 Å². The van der Waals surface area contributed by atoms with Gasteiger partial charge in [-0.05, 0) is 37.3 Å². The summed E-state index contributed by atoms with van der Waals surface area (Å²) in [5.41, 5.74) is 0.519. The molecule has 4 aromatic rings. The molecule has 0 saturated carbocycles. The van der Waals surface area contributed by atoms with Gasteiger partial charge >= 0.3 is 6.01 Å². The van der Waals surface area contributed by atoms with Gasteiger partial charge < -0.3 is 19.7 Å². The molecule has 2 aromatic heterocycles. The summed E-state index contributed by atoms with van der Waals surface area (Å²) < 4.78 is 43.1. The van der Waals surface area contributed by atoms with Crippen molar-refractivity contribution in [1.29, 1.82) is 0 Å². The van der Waals surface area contributed by atoms with E-state index in [-0.39, 0.29) is 47.6 Å². The van der Waals surface area contributed by atoms with Crippen LogP contribution in [0.1, 0.15) is 25.7 Å². The maximum absolute atomic E-state index is 16.7. The first kappa shape index (κ1) is 27.4. The van der Waals surface area contributed by atoms with Gasteiger partial charge in [-0.3, -0.25) is 9.88 Å². The number of benzene rings is 2. The Morgan fingerprint density at radius 1 is 1.14 bits per heavy atom. The second-order valence-corrected chi connectivity index (χ2v) is 12.8. The van der Waals surface area contributed by atoms with Gasteiger partial charge in [0.15, 0.2) is 5.82 Å². The number of anilines is 1. The standard InChI is InChI=1S/C32H33ClF2N6O2/c1-42-25-11-20-15-40(16-24(25)37-20)30-22-13-36-28(21-7-2-5-18-6-3-8-23(33)26(18)21)27(35)29(22)38-31(39-30)43-17-32-9-4-10-41(32)14-19(34)12-32/h2-3,5-8,13,19-20,24-25,37H,4,9-12,14-17H2,1H3/t19-,20-,24-,25-,32?/m1/s1. The lowest BCUT2D eigenvalue weighted by Gasteiger charge is -2.35. The summed E-state index contributed by atoms with van der Waals surface area (Å²) in [5, 5.41) is 6.29. The van der Waals surface area contributed by atoms with Gasteiger partial charge in [0, 0.05) is 61.4 Å².